The van der Waals surface area contributed by atoms with Gasteiger partial charge in [-0.3, -0.25) is 41.0 Å². The van der Waals surface area contributed by atoms with Gasteiger partial charge in [0.05, 0.1) is 51.4 Å². The maximum absolute atomic E-state index is 12.3. The van der Waals surface area contributed by atoms with Crippen LogP contribution in [0.1, 0.15) is 166 Å². The van der Waals surface area contributed by atoms with Gasteiger partial charge in [0.15, 0.2) is 11.4 Å². The zero-order chi connectivity index (χ0) is 48.9. The van der Waals surface area contributed by atoms with Gasteiger partial charge in [-0.1, -0.05) is 51.4 Å². The Labute approximate surface area is 389 Å². The Balaban J connectivity index is 0.000000289. The molecule has 18 heteroatoms. The first-order valence-corrected chi connectivity index (χ1v) is 23.6. The van der Waals surface area contributed by atoms with Crippen molar-refractivity contribution in [3.63, 3.8) is 0 Å². The molecule has 3 heterocycles. The number of esters is 3. The van der Waals surface area contributed by atoms with E-state index in [1.807, 2.05) is 19.1 Å². The molecule has 4 fully saturated rings. The van der Waals surface area contributed by atoms with Crippen LogP contribution in [0, 0.1) is 29.1 Å². The van der Waals surface area contributed by atoms with Crippen LogP contribution < -0.4 is 23.0 Å². The highest BCUT2D eigenvalue weighted by molar-refractivity contribution is 6.16. The third-order valence-corrected chi connectivity index (χ3v) is 11.6. The van der Waals surface area contributed by atoms with Crippen molar-refractivity contribution < 1.29 is 42.9 Å². The summed E-state index contributed by atoms with van der Waals surface area (Å²) in [6.07, 6.45) is 23.5. The molecule has 66 heavy (non-hydrogen) atoms. The standard InChI is InChI=1S/C14H17N3O3.C9H14N2.C9H14O4.C8H11NO.C8H14O2.H4N2/c1-2-20-14(19)10-8-15-12-7-11(9-5-3-4-6-9)16-17(12)13(10)18;10-8-5-9(11-6-8)7-3-1-2-4-7;1-4-12-6-8(7(3)10)9(11)13-5-2;9-6-5-8(10)7-3-1-2-4-7;1-2-10-8(9)7-5-3-4-6-7;1-2/h7-9,16H,2-6H2,1H3;5,7H,1-4,6,10H2;6H,4-5H2,1-3H3;7H,1-5H2;7H,2-6H2,1H3;1-2H2/b;;8-6-;;;. The third-order valence-electron chi connectivity index (χ3n) is 11.6. The van der Waals surface area contributed by atoms with E-state index in [-0.39, 0.29) is 60.1 Å². The van der Waals surface area contributed by atoms with Gasteiger partial charge in [0.2, 0.25) is 0 Å². The molecule has 0 bridgehead atoms. The van der Waals surface area contributed by atoms with Gasteiger partial charge in [0.1, 0.15) is 23.2 Å². The minimum Gasteiger partial charge on any atom is -0.500 e. The topological polar surface area (TPSA) is 287 Å². The first-order valence-electron chi connectivity index (χ1n) is 23.6. The number of rotatable bonds is 13. The number of nitrogens with one attached hydrogen (secondary N) is 1. The number of Topliss-reactive ketones (excluding diaryl/α,β-unsaturated/α-hetero) is 2. The Morgan fingerprint density at radius 1 is 0.803 bits per heavy atom. The monoisotopic (exact) mass is 923 g/mol. The lowest BCUT2D eigenvalue weighted by molar-refractivity contribution is -0.147. The highest BCUT2D eigenvalue weighted by Gasteiger charge is 2.25. The number of aromatic nitrogens is 3. The summed E-state index contributed by atoms with van der Waals surface area (Å²) in [6.45, 7) is 10.4. The number of hydrogen-bond acceptors (Lipinski definition) is 16. The van der Waals surface area contributed by atoms with E-state index in [0.29, 0.717) is 24.8 Å². The van der Waals surface area contributed by atoms with Gasteiger partial charge in [-0.2, -0.15) is 5.26 Å². The van der Waals surface area contributed by atoms with Crippen LogP contribution in [-0.4, -0.2) is 82.8 Å². The number of nitrogens with two attached hydrogens (primary N) is 3. The Morgan fingerprint density at radius 3 is 1.85 bits per heavy atom. The van der Waals surface area contributed by atoms with Crippen molar-refractivity contribution in [2.24, 2.45) is 40.2 Å². The minimum absolute atomic E-state index is 0.0139. The van der Waals surface area contributed by atoms with Crippen molar-refractivity contribution in [1.82, 2.24) is 14.6 Å². The number of ether oxygens (including phenoxy) is 4. The van der Waals surface area contributed by atoms with E-state index in [9.17, 15) is 28.8 Å². The summed E-state index contributed by atoms with van der Waals surface area (Å²) >= 11 is 0. The normalized spacial score (nSPS) is 17.0. The molecule has 2 aromatic heterocycles. The number of aromatic amines is 1. The van der Waals surface area contributed by atoms with Crippen LogP contribution in [0.2, 0.25) is 0 Å². The van der Waals surface area contributed by atoms with E-state index in [2.05, 4.69) is 37.6 Å². The predicted octanol–water partition coefficient (Wildman–Crippen LogP) is 6.61. The average molecular weight is 923 g/mol. The number of hydrazine groups is 1. The molecular formula is C48H74N8O10. The van der Waals surface area contributed by atoms with E-state index in [0.717, 1.165) is 68.6 Å². The Morgan fingerprint density at radius 2 is 1.35 bits per heavy atom. The predicted molar refractivity (Wildman–Crippen MR) is 251 cm³/mol. The summed E-state index contributed by atoms with van der Waals surface area (Å²) < 4.78 is 20.6. The Bertz CT molecular complexity index is 2030. The summed E-state index contributed by atoms with van der Waals surface area (Å²) in [7, 11) is 0. The fourth-order valence-electron chi connectivity index (χ4n) is 8.25. The van der Waals surface area contributed by atoms with Crippen LogP contribution in [-0.2, 0) is 38.1 Å². The van der Waals surface area contributed by atoms with E-state index < -0.39 is 17.5 Å². The van der Waals surface area contributed by atoms with Crippen molar-refractivity contribution in [2.45, 2.75) is 150 Å². The number of hydrogen-bond donors (Lipinski definition) is 4. The molecule has 7 rings (SSSR count). The summed E-state index contributed by atoms with van der Waals surface area (Å²) in [5, 5.41) is 11.3. The van der Waals surface area contributed by atoms with E-state index in [1.165, 1.54) is 87.6 Å². The molecule has 0 aromatic carbocycles. The van der Waals surface area contributed by atoms with E-state index in [4.69, 9.17) is 25.2 Å². The van der Waals surface area contributed by atoms with Crippen LogP contribution in [0.3, 0.4) is 0 Å². The second-order valence-electron chi connectivity index (χ2n) is 16.3. The highest BCUT2D eigenvalue weighted by atomic mass is 16.5. The Kier molecular flexibility index (Phi) is 27.4. The van der Waals surface area contributed by atoms with Gasteiger partial charge in [-0.15, -0.1) is 0 Å². The molecule has 0 atom stereocenters. The quantitative estimate of drug-likeness (QED) is 0.0240. The van der Waals surface area contributed by atoms with Crippen LogP contribution in [0.5, 0.6) is 0 Å². The lowest BCUT2D eigenvalue weighted by Crippen LogP contribution is -2.24. The van der Waals surface area contributed by atoms with Gasteiger partial charge in [0, 0.05) is 47.1 Å². The number of carbonyl (C=O) groups excluding carboxylic acids is 5. The molecule has 0 radical (unpaired) electrons. The van der Waals surface area contributed by atoms with Crippen molar-refractivity contribution in [2.75, 3.05) is 33.0 Å². The molecule has 0 amide bonds. The van der Waals surface area contributed by atoms with Gasteiger partial charge < -0.3 is 24.7 Å². The van der Waals surface area contributed by atoms with Crippen LogP contribution in [0.15, 0.2) is 45.7 Å². The third kappa shape index (κ3) is 19.0. The number of nitriles is 1. The molecule has 0 spiro atoms. The molecule has 2 aromatic rings. The first-order chi connectivity index (χ1) is 31.9. The molecule has 0 saturated heterocycles. The molecule has 366 valence electrons. The minimum atomic E-state index is -0.636. The van der Waals surface area contributed by atoms with Gasteiger partial charge in [0.25, 0.3) is 5.56 Å². The number of aliphatic imine (C=N–C) groups is 1. The molecule has 5 aliphatic rings. The van der Waals surface area contributed by atoms with Gasteiger partial charge in [-0.25, -0.2) is 19.1 Å². The number of nitrogens with zero attached hydrogens (tertiary/aromatic N) is 4. The summed E-state index contributed by atoms with van der Waals surface area (Å²) in [5.74, 6) is 8.18. The molecule has 0 unspecified atom stereocenters. The second-order valence-corrected chi connectivity index (χ2v) is 16.3. The van der Waals surface area contributed by atoms with E-state index in [1.54, 1.807) is 20.8 Å². The molecular weight excluding hydrogens is 849 g/mol. The molecule has 1 aliphatic heterocycles. The summed E-state index contributed by atoms with van der Waals surface area (Å²) in [4.78, 5) is 76.6. The van der Waals surface area contributed by atoms with Gasteiger partial charge >= 0.3 is 17.9 Å². The fraction of sp³-hybridized carbons (Fsp3) is 0.646. The highest BCUT2D eigenvalue weighted by Crippen LogP contribution is 2.33. The van der Waals surface area contributed by atoms with E-state index >= 15 is 0 Å². The molecule has 18 nitrogen and oxygen atoms in total. The Hall–Kier alpha value is -5.67. The first kappa shape index (κ1) is 56.5. The fourth-order valence-corrected chi connectivity index (χ4v) is 8.25. The van der Waals surface area contributed by atoms with Crippen LogP contribution >= 0.6 is 0 Å². The van der Waals surface area contributed by atoms with Crippen LogP contribution in [0.4, 0.5) is 0 Å². The van der Waals surface area contributed by atoms with Crippen molar-refractivity contribution in [3.8, 4) is 6.07 Å². The van der Waals surface area contributed by atoms with Gasteiger partial charge in [-0.05, 0) is 92.1 Å². The van der Waals surface area contributed by atoms with Crippen LogP contribution in [0.25, 0.3) is 5.65 Å². The number of H-pyrrole nitrogens is 1. The number of carbonyl (C=O) groups is 5. The zero-order valence-corrected chi connectivity index (χ0v) is 39.8. The molecule has 4 aliphatic carbocycles. The van der Waals surface area contributed by atoms with Crippen molar-refractivity contribution in [1.29, 1.82) is 5.26 Å². The van der Waals surface area contributed by atoms with Crippen molar-refractivity contribution in [3.05, 3.63) is 57.5 Å². The zero-order valence-electron chi connectivity index (χ0n) is 39.8. The maximum atomic E-state index is 12.3. The molecule has 7 N–H and O–H groups in total. The lowest BCUT2D eigenvalue weighted by atomic mass is 10.0. The average Bonchev–Trinajstić information content (AvgIpc) is 4.17. The number of ketones is 2. The second kappa shape index (κ2) is 32.1. The maximum Gasteiger partial charge on any atom is 0.345 e. The lowest BCUT2D eigenvalue weighted by Gasteiger charge is -2.06. The summed E-state index contributed by atoms with van der Waals surface area (Å²) in [5.41, 5.74) is 8.91. The number of allylic oxidation sites excluding steroid dienone is 1. The smallest absolute Gasteiger partial charge is 0.345 e. The SMILES string of the molecule is CCO/C=C(/C(C)=O)C(=O)OCC.CCOC(=O)C1CCCC1.CCOC(=O)c1cnc2cc(C3CCCC3)[nH]n2c1=O.N#CCC(=O)C1CCCC1.NC1=CC(C2CCCC2)=NC1.NN. The van der Waals surface area contributed by atoms with Crippen molar-refractivity contribution >= 4 is 40.8 Å². The number of fused-ring (bicyclic) bond motifs is 1. The largest absolute Gasteiger partial charge is 0.500 e. The molecule has 4 saturated carbocycles. The summed E-state index contributed by atoms with van der Waals surface area (Å²) in [6, 6.07) is 3.79.